The van der Waals surface area contributed by atoms with Crippen LogP contribution in [-0.4, -0.2) is 11.1 Å². The van der Waals surface area contributed by atoms with Gasteiger partial charge in [-0.3, -0.25) is 5.32 Å². The first-order chi connectivity index (χ1) is 7.34. The topological polar surface area (TPSA) is 64.4 Å². The van der Waals surface area contributed by atoms with Crippen LogP contribution in [0.3, 0.4) is 0 Å². The number of para-hydroxylation sites is 1. The van der Waals surface area contributed by atoms with Crippen LogP contribution in [0.4, 0.5) is 10.7 Å². The first-order valence-electron chi connectivity index (χ1n) is 4.27. The molecule has 2 aromatic rings. The van der Waals surface area contributed by atoms with Gasteiger partial charge >= 0.3 is 6.09 Å². The van der Waals surface area contributed by atoms with Gasteiger partial charge in [0, 0.05) is 0 Å². The molecule has 0 radical (unpaired) electrons. The Hall–Kier alpha value is -2.30. The summed E-state index contributed by atoms with van der Waals surface area (Å²) >= 11 is 0. The molecule has 1 N–H and O–H groups in total. The van der Waals surface area contributed by atoms with Crippen LogP contribution in [0.15, 0.2) is 47.3 Å². The summed E-state index contributed by atoms with van der Waals surface area (Å²) in [6.45, 7) is 0. The Morgan fingerprint density at radius 3 is 2.80 bits per heavy atom. The zero-order valence-corrected chi connectivity index (χ0v) is 7.71. The van der Waals surface area contributed by atoms with Crippen molar-refractivity contribution in [3.05, 3.63) is 42.9 Å². The van der Waals surface area contributed by atoms with Crippen LogP contribution >= 0.6 is 0 Å². The molecular formula is C10H8N2O3. The number of carbonyl (C=O) groups is 1. The monoisotopic (exact) mass is 204 g/mol. The van der Waals surface area contributed by atoms with Crippen molar-refractivity contribution in [2.75, 3.05) is 5.32 Å². The molecule has 0 aliphatic carbocycles. The highest BCUT2D eigenvalue weighted by atomic mass is 16.6. The van der Waals surface area contributed by atoms with E-state index in [-0.39, 0.29) is 5.88 Å². The zero-order chi connectivity index (χ0) is 10.5. The first-order valence-corrected chi connectivity index (χ1v) is 4.27. The summed E-state index contributed by atoms with van der Waals surface area (Å²) in [7, 11) is 0. The maximum absolute atomic E-state index is 11.3. The fourth-order valence-electron chi connectivity index (χ4n) is 0.999. The van der Waals surface area contributed by atoms with Crippen LogP contribution in [0.2, 0.25) is 0 Å². The average Bonchev–Trinajstić information content (AvgIpc) is 2.71. The molecule has 0 unspecified atom stereocenters. The molecule has 0 bridgehead atoms. The van der Waals surface area contributed by atoms with E-state index < -0.39 is 6.09 Å². The number of anilines is 1. The normalized spacial score (nSPS) is 9.60. The minimum atomic E-state index is -0.613. The third-order valence-corrected chi connectivity index (χ3v) is 1.61. The predicted molar refractivity (Wildman–Crippen MR) is 52.6 cm³/mol. The molecule has 5 nitrogen and oxygen atoms in total. The summed E-state index contributed by atoms with van der Waals surface area (Å²) in [4.78, 5) is 14.9. The predicted octanol–water partition coefficient (Wildman–Crippen LogP) is 2.29. The number of nitrogens with zero attached hydrogens (tertiary/aromatic N) is 1. The van der Waals surface area contributed by atoms with Crippen molar-refractivity contribution in [2.45, 2.75) is 0 Å². The Labute approximate surface area is 85.7 Å². The molecule has 1 aromatic carbocycles. The number of oxazole rings is 1. The first kappa shape index (κ1) is 9.26. The summed E-state index contributed by atoms with van der Waals surface area (Å²) in [6, 6.07) is 8.75. The molecule has 76 valence electrons. The smallest absolute Gasteiger partial charge is 0.419 e. The molecule has 0 aliphatic rings. The molecule has 1 amide bonds. The van der Waals surface area contributed by atoms with E-state index in [9.17, 15) is 4.79 Å². The molecule has 0 saturated carbocycles. The van der Waals surface area contributed by atoms with Gasteiger partial charge in [-0.25, -0.2) is 9.78 Å². The molecule has 0 aliphatic heterocycles. The van der Waals surface area contributed by atoms with Gasteiger partial charge in [0.1, 0.15) is 5.75 Å². The molecule has 0 atom stereocenters. The van der Waals surface area contributed by atoms with Crippen molar-refractivity contribution in [3.63, 3.8) is 0 Å². The average molecular weight is 204 g/mol. The summed E-state index contributed by atoms with van der Waals surface area (Å²) in [6.07, 6.45) is 1.99. The van der Waals surface area contributed by atoms with E-state index in [1.54, 1.807) is 24.3 Å². The third kappa shape index (κ3) is 2.57. The molecule has 0 fully saturated rings. The van der Waals surface area contributed by atoms with Crippen molar-refractivity contribution < 1.29 is 13.9 Å². The van der Waals surface area contributed by atoms with Gasteiger partial charge in [0.15, 0.2) is 6.39 Å². The second kappa shape index (κ2) is 4.28. The Kier molecular flexibility index (Phi) is 2.64. The summed E-state index contributed by atoms with van der Waals surface area (Å²) in [5.41, 5.74) is 0. The molecule has 0 spiro atoms. The van der Waals surface area contributed by atoms with E-state index >= 15 is 0 Å². The number of hydrogen-bond donors (Lipinski definition) is 1. The summed E-state index contributed by atoms with van der Waals surface area (Å²) in [5, 5.41) is 2.38. The number of carbonyl (C=O) groups excluding carboxylic acids is 1. The Bertz CT molecular complexity index is 425. The van der Waals surface area contributed by atoms with Crippen LogP contribution in [0, 0.1) is 0 Å². The number of nitrogens with one attached hydrogen (secondary N) is 1. The molecule has 2 rings (SSSR count). The van der Waals surface area contributed by atoms with Crippen LogP contribution in [-0.2, 0) is 0 Å². The number of ether oxygens (including phenoxy) is 1. The number of amides is 1. The molecule has 5 heteroatoms. The van der Waals surface area contributed by atoms with Gasteiger partial charge in [-0.2, -0.15) is 0 Å². The lowest BCUT2D eigenvalue weighted by Gasteiger charge is -2.02. The minimum Gasteiger partial charge on any atom is -0.428 e. The SMILES string of the molecule is O=C(Nc1cnco1)Oc1ccccc1. The highest BCUT2D eigenvalue weighted by Gasteiger charge is 2.05. The molecule has 1 heterocycles. The lowest BCUT2D eigenvalue weighted by molar-refractivity contribution is 0.214. The van der Waals surface area contributed by atoms with Gasteiger partial charge in [0.05, 0.1) is 6.20 Å². The van der Waals surface area contributed by atoms with Crippen molar-refractivity contribution in [1.29, 1.82) is 0 Å². The Morgan fingerprint density at radius 1 is 1.33 bits per heavy atom. The van der Waals surface area contributed by atoms with Crippen molar-refractivity contribution >= 4 is 12.0 Å². The van der Waals surface area contributed by atoms with Gasteiger partial charge < -0.3 is 9.15 Å². The van der Waals surface area contributed by atoms with E-state index in [0.717, 1.165) is 0 Å². The van der Waals surface area contributed by atoms with E-state index in [0.29, 0.717) is 5.75 Å². The van der Waals surface area contributed by atoms with Gasteiger partial charge in [-0.05, 0) is 12.1 Å². The third-order valence-electron chi connectivity index (χ3n) is 1.61. The van der Waals surface area contributed by atoms with Crippen molar-refractivity contribution in [1.82, 2.24) is 4.98 Å². The Balaban J connectivity index is 1.94. The number of benzene rings is 1. The quantitative estimate of drug-likeness (QED) is 0.815. The van der Waals surface area contributed by atoms with Crippen LogP contribution in [0.1, 0.15) is 0 Å². The number of aromatic nitrogens is 1. The van der Waals surface area contributed by atoms with E-state index in [4.69, 9.17) is 9.15 Å². The highest BCUT2D eigenvalue weighted by Crippen LogP contribution is 2.10. The van der Waals surface area contributed by atoms with E-state index in [1.165, 1.54) is 12.6 Å². The summed E-state index contributed by atoms with van der Waals surface area (Å²) in [5.74, 6) is 0.713. The maximum Gasteiger partial charge on any atom is 0.419 e. The van der Waals surface area contributed by atoms with Gasteiger partial charge in [-0.15, -0.1) is 0 Å². The Morgan fingerprint density at radius 2 is 2.13 bits per heavy atom. The molecule has 1 aromatic heterocycles. The van der Waals surface area contributed by atoms with E-state index in [2.05, 4.69) is 10.3 Å². The highest BCUT2D eigenvalue weighted by molar-refractivity contribution is 5.84. The largest absolute Gasteiger partial charge is 0.428 e. The van der Waals surface area contributed by atoms with Crippen LogP contribution < -0.4 is 10.1 Å². The second-order valence-corrected chi connectivity index (χ2v) is 2.69. The minimum absolute atomic E-state index is 0.246. The van der Waals surface area contributed by atoms with Crippen LogP contribution in [0.5, 0.6) is 5.75 Å². The van der Waals surface area contributed by atoms with Crippen molar-refractivity contribution in [2.24, 2.45) is 0 Å². The molecule has 0 saturated heterocycles. The van der Waals surface area contributed by atoms with E-state index in [1.807, 2.05) is 6.07 Å². The standard InChI is InChI=1S/C10H8N2O3/c13-10(12-9-6-11-7-14-9)15-8-4-2-1-3-5-8/h1-7H,(H,12,13). The number of hydrogen-bond acceptors (Lipinski definition) is 4. The van der Waals surface area contributed by atoms with Crippen LogP contribution in [0.25, 0.3) is 0 Å². The fraction of sp³-hybridized carbons (Fsp3) is 0. The lowest BCUT2D eigenvalue weighted by atomic mass is 10.3. The van der Waals surface area contributed by atoms with Gasteiger partial charge in [0.2, 0.25) is 5.88 Å². The molecule has 15 heavy (non-hydrogen) atoms. The lowest BCUT2D eigenvalue weighted by Crippen LogP contribution is -2.16. The molecular weight excluding hydrogens is 196 g/mol. The second-order valence-electron chi connectivity index (χ2n) is 2.69. The maximum atomic E-state index is 11.3. The zero-order valence-electron chi connectivity index (χ0n) is 7.71. The number of rotatable bonds is 2. The fourth-order valence-corrected chi connectivity index (χ4v) is 0.999. The van der Waals surface area contributed by atoms with Crippen molar-refractivity contribution in [3.8, 4) is 5.75 Å². The van der Waals surface area contributed by atoms with Gasteiger partial charge in [0.25, 0.3) is 0 Å². The van der Waals surface area contributed by atoms with Gasteiger partial charge in [-0.1, -0.05) is 18.2 Å². The summed E-state index contributed by atoms with van der Waals surface area (Å²) < 4.78 is 9.77.